The van der Waals surface area contributed by atoms with E-state index in [-0.39, 0.29) is 18.1 Å². The molecule has 3 fully saturated rings. The number of aliphatic carboxylic acids is 1. The predicted molar refractivity (Wildman–Crippen MR) is 143 cm³/mol. The van der Waals surface area contributed by atoms with Crippen LogP contribution in [0.1, 0.15) is 43.2 Å². The second kappa shape index (κ2) is 10.9. The molecule has 0 saturated carbocycles. The van der Waals surface area contributed by atoms with Crippen molar-refractivity contribution < 1.29 is 27.9 Å². The average Bonchev–Trinajstić information content (AvgIpc) is 3.65. The van der Waals surface area contributed by atoms with Gasteiger partial charge >= 0.3 is 18.2 Å². The Hall–Kier alpha value is -2.93. The Morgan fingerprint density at radius 2 is 1.92 bits per heavy atom. The molecule has 1 atom stereocenters. The molecule has 3 saturated heterocycles. The molecule has 0 radical (unpaired) electrons. The van der Waals surface area contributed by atoms with Crippen molar-refractivity contribution in [1.82, 2.24) is 19.6 Å². The Bertz CT molecular complexity index is 1210. The number of likely N-dealkylation sites (tertiary alicyclic amines) is 2. The molecule has 0 bridgehead atoms. The molecule has 4 heterocycles. The van der Waals surface area contributed by atoms with Crippen molar-refractivity contribution in [2.45, 2.75) is 50.4 Å². The quantitative estimate of drug-likeness (QED) is 0.490. The maximum atomic E-state index is 13.8. The zero-order valence-electron chi connectivity index (χ0n) is 21.8. The van der Waals surface area contributed by atoms with Crippen molar-refractivity contribution in [2.75, 3.05) is 48.6 Å². The first kappa shape index (κ1) is 27.6. The summed E-state index contributed by atoms with van der Waals surface area (Å²) >= 11 is 1.40. The van der Waals surface area contributed by atoms with Gasteiger partial charge in [0.05, 0.1) is 11.5 Å². The molecule has 1 unspecified atom stereocenters. The number of alkyl halides is 3. The molecule has 1 aromatic carbocycles. The zero-order chi connectivity index (χ0) is 27.8. The highest BCUT2D eigenvalue weighted by Crippen LogP contribution is 2.41. The number of carboxylic acids is 1. The average molecular weight is 567 g/mol. The molecule has 5 rings (SSSR count). The lowest BCUT2D eigenvalue weighted by Gasteiger charge is -2.45. The minimum Gasteiger partial charge on any atom is -0.481 e. The van der Waals surface area contributed by atoms with E-state index in [2.05, 4.69) is 14.7 Å². The summed E-state index contributed by atoms with van der Waals surface area (Å²) in [7, 11) is 0. The first-order valence-corrected chi connectivity index (χ1v) is 14.4. The number of carboxylic acid groups (broad SMARTS) is 1. The fourth-order valence-electron chi connectivity index (χ4n) is 6.18. The van der Waals surface area contributed by atoms with Crippen molar-refractivity contribution in [3.63, 3.8) is 0 Å². The van der Waals surface area contributed by atoms with E-state index in [0.717, 1.165) is 38.3 Å². The van der Waals surface area contributed by atoms with Crippen molar-refractivity contribution in [3.8, 4) is 0 Å². The largest absolute Gasteiger partial charge is 0.481 e. The summed E-state index contributed by atoms with van der Waals surface area (Å²) in [4.78, 5) is 30.2. The van der Waals surface area contributed by atoms with Crippen LogP contribution in [0.25, 0.3) is 0 Å². The van der Waals surface area contributed by atoms with Crippen LogP contribution in [-0.4, -0.2) is 81.2 Å². The maximum absolute atomic E-state index is 13.8. The highest BCUT2D eigenvalue weighted by atomic mass is 32.2. The van der Waals surface area contributed by atoms with Crippen molar-refractivity contribution in [1.29, 1.82) is 0 Å². The second-order valence-electron chi connectivity index (χ2n) is 10.6. The molecular formula is C26H33F3N6O3S. The van der Waals surface area contributed by atoms with Crippen LogP contribution in [-0.2, 0) is 17.5 Å². The predicted octanol–water partition coefficient (Wildman–Crippen LogP) is 4.60. The van der Waals surface area contributed by atoms with Gasteiger partial charge in [-0.1, -0.05) is 11.9 Å². The highest BCUT2D eigenvalue weighted by Gasteiger charge is 2.44. The van der Waals surface area contributed by atoms with Crippen molar-refractivity contribution >= 4 is 35.5 Å². The molecule has 1 aromatic heterocycles. The van der Waals surface area contributed by atoms with Gasteiger partial charge in [-0.05, 0) is 62.4 Å². The standard InChI is InChI=1S/C26H33F3N6O3S/c1-39-31-22-4-10-35(30-22)24(38)32-11-6-25(7-12-32)5-2-8-34(25)16-18-13-20(26(27,28)29)15-21(14-18)33-9-3-19(17-33)23(36)37/h4,10,13-15,19H,2-3,5-9,11-12,16-17H2,1H3,(H,30,31)(H,36,37). The van der Waals surface area contributed by atoms with E-state index in [9.17, 15) is 27.9 Å². The Balaban J connectivity index is 1.29. The van der Waals surface area contributed by atoms with Crippen LogP contribution in [0.5, 0.6) is 0 Å². The lowest BCUT2D eigenvalue weighted by molar-refractivity contribution is -0.141. The van der Waals surface area contributed by atoms with Crippen LogP contribution in [0, 0.1) is 5.92 Å². The summed E-state index contributed by atoms with van der Waals surface area (Å²) in [5.74, 6) is -0.884. The Morgan fingerprint density at radius 3 is 2.59 bits per heavy atom. The molecule has 3 aliphatic heterocycles. The van der Waals surface area contributed by atoms with E-state index < -0.39 is 23.6 Å². The number of nitrogens with one attached hydrogen (secondary N) is 1. The van der Waals surface area contributed by atoms with Crippen molar-refractivity contribution in [3.05, 3.63) is 41.6 Å². The number of carbonyl (C=O) groups excluding carboxylic acids is 1. The van der Waals surface area contributed by atoms with Gasteiger partial charge < -0.3 is 19.6 Å². The van der Waals surface area contributed by atoms with Gasteiger partial charge in [-0.3, -0.25) is 9.69 Å². The van der Waals surface area contributed by atoms with Gasteiger partial charge in [0.15, 0.2) is 5.82 Å². The number of hydrogen-bond donors (Lipinski definition) is 2. The fraction of sp³-hybridized carbons (Fsp3) is 0.577. The molecule has 3 aliphatic rings. The summed E-state index contributed by atoms with van der Waals surface area (Å²) in [6.07, 6.45) is 2.81. The highest BCUT2D eigenvalue weighted by molar-refractivity contribution is 7.99. The lowest BCUT2D eigenvalue weighted by atomic mass is 9.84. The van der Waals surface area contributed by atoms with E-state index in [4.69, 9.17) is 0 Å². The van der Waals surface area contributed by atoms with Crippen LogP contribution in [0.15, 0.2) is 30.5 Å². The lowest BCUT2D eigenvalue weighted by Crippen LogP contribution is -2.53. The monoisotopic (exact) mass is 566 g/mol. The van der Waals surface area contributed by atoms with Gasteiger partial charge in [-0.15, -0.1) is 5.10 Å². The molecule has 1 spiro atoms. The molecule has 212 valence electrons. The third-order valence-electron chi connectivity index (χ3n) is 8.28. The maximum Gasteiger partial charge on any atom is 0.416 e. The topological polar surface area (TPSA) is 93.9 Å². The smallest absolute Gasteiger partial charge is 0.416 e. The Kier molecular flexibility index (Phi) is 7.73. The molecular weight excluding hydrogens is 533 g/mol. The Morgan fingerprint density at radius 1 is 1.15 bits per heavy atom. The number of aromatic nitrogens is 2. The van der Waals surface area contributed by atoms with Crippen LogP contribution >= 0.6 is 11.9 Å². The number of piperidine rings is 1. The fourth-order valence-corrected chi connectivity index (χ4v) is 6.50. The summed E-state index contributed by atoms with van der Waals surface area (Å²) in [6, 6.07) is 5.69. The van der Waals surface area contributed by atoms with Gasteiger partial charge in [0, 0.05) is 62.5 Å². The number of carbonyl (C=O) groups is 2. The number of hydrogen-bond acceptors (Lipinski definition) is 7. The van der Waals surface area contributed by atoms with E-state index in [1.165, 1.54) is 22.7 Å². The number of anilines is 2. The summed E-state index contributed by atoms with van der Waals surface area (Å²) in [6.45, 7) is 2.90. The Labute approximate surface area is 229 Å². The first-order chi connectivity index (χ1) is 18.6. The minimum absolute atomic E-state index is 0.164. The van der Waals surface area contributed by atoms with Gasteiger partial charge in [0.2, 0.25) is 0 Å². The summed E-state index contributed by atoms with van der Waals surface area (Å²) < 4.78 is 45.8. The van der Waals surface area contributed by atoms with E-state index in [1.54, 1.807) is 28.1 Å². The molecule has 2 aromatic rings. The first-order valence-electron chi connectivity index (χ1n) is 13.2. The molecule has 39 heavy (non-hydrogen) atoms. The zero-order valence-corrected chi connectivity index (χ0v) is 22.6. The minimum atomic E-state index is -4.50. The van der Waals surface area contributed by atoms with Gasteiger partial charge in [-0.2, -0.15) is 17.9 Å². The van der Waals surface area contributed by atoms with E-state index >= 15 is 0 Å². The van der Waals surface area contributed by atoms with Crippen LogP contribution in [0.4, 0.5) is 29.5 Å². The van der Waals surface area contributed by atoms with Gasteiger partial charge in [-0.25, -0.2) is 4.79 Å². The van der Waals surface area contributed by atoms with E-state index in [1.807, 2.05) is 6.26 Å². The molecule has 2 N–H and O–H groups in total. The second-order valence-corrected chi connectivity index (χ2v) is 11.2. The van der Waals surface area contributed by atoms with Gasteiger partial charge in [0.1, 0.15) is 0 Å². The van der Waals surface area contributed by atoms with Gasteiger partial charge in [0.25, 0.3) is 0 Å². The number of benzene rings is 1. The number of halogens is 3. The number of rotatable bonds is 6. The number of nitrogens with zero attached hydrogens (tertiary/aromatic N) is 5. The van der Waals surface area contributed by atoms with Crippen LogP contribution in [0.3, 0.4) is 0 Å². The van der Waals surface area contributed by atoms with Crippen molar-refractivity contribution in [2.24, 2.45) is 5.92 Å². The number of amides is 1. The third kappa shape index (κ3) is 5.84. The molecule has 9 nitrogen and oxygen atoms in total. The summed E-state index contributed by atoms with van der Waals surface area (Å²) in [5, 5.41) is 13.6. The van der Waals surface area contributed by atoms with Crippen LogP contribution in [0.2, 0.25) is 0 Å². The molecule has 1 amide bonds. The van der Waals surface area contributed by atoms with E-state index in [0.29, 0.717) is 49.7 Å². The molecule has 0 aliphatic carbocycles. The SMILES string of the molecule is CSNc1ccn(C(=O)N2CCC3(CCCN3Cc3cc(N4CCC(C(=O)O)C4)cc(C(F)(F)F)c3)CC2)n1. The molecule has 13 heteroatoms. The normalized spacial score (nSPS) is 21.6. The third-order valence-corrected chi connectivity index (χ3v) is 8.69. The van der Waals surface area contributed by atoms with Crippen LogP contribution < -0.4 is 9.62 Å². The summed E-state index contributed by atoms with van der Waals surface area (Å²) in [5.41, 5.74) is 0.121.